The fourth-order valence-corrected chi connectivity index (χ4v) is 3.15. The summed E-state index contributed by atoms with van der Waals surface area (Å²) in [6.45, 7) is 3.19. The van der Waals surface area contributed by atoms with Crippen LogP contribution in [0.5, 0.6) is 0 Å². The molecule has 0 spiro atoms. The summed E-state index contributed by atoms with van der Waals surface area (Å²) in [5, 5.41) is 19.2. The predicted octanol–water partition coefficient (Wildman–Crippen LogP) is 3.20. The molecule has 0 saturated carbocycles. The van der Waals surface area contributed by atoms with Crippen molar-refractivity contribution in [2.75, 3.05) is 36.0 Å². The van der Waals surface area contributed by atoms with Crippen molar-refractivity contribution in [3.8, 4) is 12.1 Å². The van der Waals surface area contributed by atoms with Crippen LogP contribution in [0.3, 0.4) is 0 Å². The largest absolute Gasteiger partial charge is 0.369 e. The van der Waals surface area contributed by atoms with Crippen molar-refractivity contribution in [3.63, 3.8) is 0 Å². The second-order valence-corrected chi connectivity index (χ2v) is 6.02. The van der Waals surface area contributed by atoms with E-state index in [0.717, 1.165) is 44.1 Å². The summed E-state index contributed by atoms with van der Waals surface area (Å²) in [5.41, 5.74) is 2.09. The number of nitrogens with zero attached hydrogens (tertiary/aromatic N) is 5. The van der Waals surface area contributed by atoms with Gasteiger partial charge in [0.25, 0.3) is 0 Å². The number of aromatic nitrogens is 1. The van der Waals surface area contributed by atoms with Gasteiger partial charge >= 0.3 is 0 Å². The highest BCUT2D eigenvalue weighted by atomic mass is 35.5. The molecule has 0 bridgehead atoms. The Morgan fingerprint density at radius 1 is 0.958 bits per heavy atom. The lowest BCUT2D eigenvalue weighted by atomic mass is 10.1. The molecular weight excluding hydrogens is 322 g/mol. The normalized spacial score (nSPS) is 14.6. The molecule has 6 heteroatoms. The maximum Gasteiger partial charge on any atom is 0.146 e. The second kappa shape index (κ2) is 7.21. The summed E-state index contributed by atoms with van der Waals surface area (Å²) in [6.07, 6.45) is 2.64. The highest BCUT2D eigenvalue weighted by Gasteiger charge is 2.20. The minimum absolute atomic E-state index is 0.568. The fourth-order valence-electron chi connectivity index (χ4n) is 2.98. The van der Waals surface area contributed by atoms with Crippen LogP contribution in [-0.2, 0) is 0 Å². The summed E-state index contributed by atoms with van der Waals surface area (Å²) in [4.78, 5) is 8.71. The van der Waals surface area contributed by atoms with Crippen LogP contribution in [0.1, 0.15) is 17.5 Å². The van der Waals surface area contributed by atoms with Gasteiger partial charge in [0, 0.05) is 37.4 Å². The molecule has 1 fully saturated rings. The van der Waals surface area contributed by atoms with Crippen LogP contribution in [0.4, 0.5) is 11.5 Å². The van der Waals surface area contributed by atoms with Crippen LogP contribution in [-0.4, -0.2) is 31.2 Å². The maximum atomic E-state index is 9.35. The topological polar surface area (TPSA) is 67.0 Å². The van der Waals surface area contributed by atoms with E-state index in [9.17, 15) is 10.5 Å². The first-order chi connectivity index (χ1) is 11.7. The monoisotopic (exact) mass is 337 g/mol. The van der Waals surface area contributed by atoms with E-state index in [-0.39, 0.29) is 0 Å². The first-order valence-corrected chi connectivity index (χ1v) is 8.15. The third kappa shape index (κ3) is 3.27. The predicted molar refractivity (Wildman–Crippen MR) is 94.2 cm³/mol. The number of benzene rings is 1. The molecule has 0 atom stereocenters. The Kier molecular flexibility index (Phi) is 4.84. The maximum absolute atomic E-state index is 9.35. The van der Waals surface area contributed by atoms with E-state index >= 15 is 0 Å². The fraction of sp³-hybridized carbons (Fsp3) is 0.278. The minimum atomic E-state index is 0.568. The van der Waals surface area contributed by atoms with Crippen molar-refractivity contribution in [3.05, 3.63) is 52.7 Å². The highest BCUT2D eigenvalue weighted by molar-refractivity contribution is 6.30. The van der Waals surface area contributed by atoms with Gasteiger partial charge in [-0.3, -0.25) is 0 Å². The molecular formula is C18H16ClN5. The summed E-state index contributed by atoms with van der Waals surface area (Å²) >= 11 is 5.99. The Labute approximate surface area is 146 Å². The standard InChI is InChI=1S/C18H16ClN5/c19-16-4-5-17(15(11-16)13-21)23-7-2-8-24(10-9-23)18-14(12-20)3-1-6-22-18/h1,3-6,11H,2,7-10H2. The second-order valence-electron chi connectivity index (χ2n) is 5.59. The van der Waals surface area contributed by atoms with Crippen molar-refractivity contribution in [2.24, 2.45) is 0 Å². The minimum Gasteiger partial charge on any atom is -0.369 e. The van der Waals surface area contributed by atoms with E-state index in [1.54, 1.807) is 24.4 Å². The van der Waals surface area contributed by atoms with Crippen LogP contribution >= 0.6 is 11.6 Å². The molecule has 3 rings (SSSR count). The van der Waals surface area contributed by atoms with Crippen molar-refractivity contribution < 1.29 is 0 Å². The lowest BCUT2D eigenvalue weighted by Gasteiger charge is -2.25. The first-order valence-electron chi connectivity index (χ1n) is 7.77. The summed E-state index contributed by atoms with van der Waals surface area (Å²) in [7, 11) is 0. The van der Waals surface area contributed by atoms with Crippen LogP contribution in [0.15, 0.2) is 36.5 Å². The van der Waals surface area contributed by atoms with E-state index < -0.39 is 0 Å². The van der Waals surface area contributed by atoms with Crippen molar-refractivity contribution in [1.82, 2.24) is 4.98 Å². The van der Waals surface area contributed by atoms with Crippen LogP contribution in [0.2, 0.25) is 5.02 Å². The molecule has 5 nitrogen and oxygen atoms in total. The summed E-state index contributed by atoms with van der Waals surface area (Å²) in [5.74, 6) is 0.735. The van der Waals surface area contributed by atoms with Gasteiger partial charge in [-0.05, 0) is 36.8 Å². The number of halogens is 1. The number of rotatable bonds is 2. The molecule has 1 aromatic heterocycles. The molecule has 0 unspecified atom stereocenters. The number of pyridine rings is 1. The van der Waals surface area contributed by atoms with Crippen LogP contribution in [0.25, 0.3) is 0 Å². The zero-order valence-corrected chi connectivity index (χ0v) is 13.9. The van der Waals surface area contributed by atoms with E-state index in [1.807, 2.05) is 12.1 Å². The molecule has 1 aliphatic heterocycles. The van der Waals surface area contributed by atoms with E-state index in [0.29, 0.717) is 16.1 Å². The highest BCUT2D eigenvalue weighted by Crippen LogP contribution is 2.26. The number of anilines is 2. The van der Waals surface area contributed by atoms with Gasteiger partial charge in [-0.15, -0.1) is 0 Å². The third-order valence-corrected chi connectivity index (χ3v) is 4.36. The quantitative estimate of drug-likeness (QED) is 0.841. The van der Waals surface area contributed by atoms with Gasteiger partial charge in [-0.2, -0.15) is 10.5 Å². The Bertz CT molecular complexity index is 821. The number of nitriles is 2. The van der Waals surface area contributed by atoms with Crippen molar-refractivity contribution >= 4 is 23.1 Å². The Balaban J connectivity index is 1.81. The van der Waals surface area contributed by atoms with Crippen LogP contribution in [0, 0.1) is 22.7 Å². The molecule has 120 valence electrons. The van der Waals surface area contributed by atoms with E-state index in [2.05, 4.69) is 26.9 Å². The van der Waals surface area contributed by atoms with Crippen LogP contribution < -0.4 is 9.80 Å². The molecule has 1 aliphatic rings. The smallest absolute Gasteiger partial charge is 0.146 e. The molecule has 2 heterocycles. The lowest BCUT2D eigenvalue weighted by Crippen LogP contribution is -2.31. The van der Waals surface area contributed by atoms with Gasteiger partial charge in [0.15, 0.2) is 0 Å². The van der Waals surface area contributed by atoms with E-state index in [4.69, 9.17) is 11.6 Å². The first kappa shape index (κ1) is 16.1. The zero-order chi connectivity index (χ0) is 16.9. The Morgan fingerprint density at radius 2 is 1.71 bits per heavy atom. The number of hydrogen-bond donors (Lipinski definition) is 0. The Hall–Kier alpha value is -2.76. The molecule has 1 saturated heterocycles. The molecule has 2 aromatic rings. The Morgan fingerprint density at radius 3 is 2.50 bits per heavy atom. The molecule has 0 amide bonds. The van der Waals surface area contributed by atoms with Gasteiger partial charge in [0.1, 0.15) is 18.0 Å². The summed E-state index contributed by atoms with van der Waals surface area (Å²) in [6, 6.07) is 13.4. The SMILES string of the molecule is N#Cc1cc(Cl)ccc1N1CCCN(c2ncccc2C#N)CC1. The molecule has 0 aliphatic carbocycles. The lowest BCUT2D eigenvalue weighted by molar-refractivity contribution is 0.796. The zero-order valence-electron chi connectivity index (χ0n) is 13.1. The molecule has 0 radical (unpaired) electrons. The number of hydrogen-bond acceptors (Lipinski definition) is 5. The van der Waals surface area contributed by atoms with Gasteiger partial charge < -0.3 is 9.80 Å². The summed E-state index contributed by atoms with van der Waals surface area (Å²) < 4.78 is 0. The molecule has 1 aromatic carbocycles. The average molecular weight is 338 g/mol. The molecule has 0 N–H and O–H groups in total. The third-order valence-electron chi connectivity index (χ3n) is 4.12. The van der Waals surface area contributed by atoms with Gasteiger partial charge in [0.2, 0.25) is 0 Å². The van der Waals surface area contributed by atoms with E-state index in [1.165, 1.54) is 0 Å². The van der Waals surface area contributed by atoms with Gasteiger partial charge in [0.05, 0.1) is 16.8 Å². The van der Waals surface area contributed by atoms with Gasteiger partial charge in [-0.25, -0.2) is 4.98 Å². The average Bonchev–Trinajstić information content (AvgIpc) is 2.87. The van der Waals surface area contributed by atoms with Crippen molar-refractivity contribution in [2.45, 2.75) is 6.42 Å². The molecule has 24 heavy (non-hydrogen) atoms. The van der Waals surface area contributed by atoms with Gasteiger partial charge in [-0.1, -0.05) is 11.6 Å². The van der Waals surface area contributed by atoms with Crippen molar-refractivity contribution in [1.29, 1.82) is 10.5 Å².